The zero-order valence-electron chi connectivity index (χ0n) is 9.90. The lowest BCUT2D eigenvalue weighted by molar-refractivity contribution is 0.441. The summed E-state index contributed by atoms with van der Waals surface area (Å²) in [6.07, 6.45) is 2.86. The molecule has 3 N–H and O–H groups in total. The Morgan fingerprint density at radius 2 is 2.29 bits per heavy atom. The molecule has 0 spiro atoms. The van der Waals surface area contributed by atoms with E-state index in [9.17, 15) is 0 Å². The molecule has 0 radical (unpaired) electrons. The van der Waals surface area contributed by atoms with E-state index in [0.717, 1.165) is 27.2 Å². The van der Waals surface area contributed by atoms with E-state index in [1.165, 1.54) is 11.3 Å². The minimum absolute atomic E-state index is 0.0378. The second-order valence-corrected chi connectivity index (χ2v) is 5.91. The van der Waals surface area contributed by atoms with Crippen LogP contribution in [0.25, 0.3) is 10.6 Å². The van der Waals surface area contributed by atoms with Gasteiger partial charge in [0.05, 0.1) is 27.1 Å². The number of halogens is 1. The highest BCUT2D eigenvalue weighted by atomic mass is 35.5. The van der Waals surface area contributed by atoms with Crippen LogP contribution in [0.3, 0.4) is 0 Å². The first-order valence-electron chi connectivity index (χ1n) is 5.68. The topological polar surface area (TPSA) is 54.7 Å². The van der Waals surface area contributed by atoms with Crippen molar-refractivity contribution < 1.29 is 0 Å². The van der Waals surface area contributed by atoms with E-state index >= 15 is 0 Å². The van der Waals surface area contributed by atoms with Crippen LogP contribution in [0.2, 0.25) is 4.34 Å². The Bertz CT molecular complexity index is 491. The summed E-state index contributed by atoms with van der Waals surface area (Å²) in [6.45, 7) is 4.27. The van der Waals surface area contributed by atoms with E-state index in [0.29, 0.717) is 5.92 Å². The molecule has 0 bridgehead atoms. The molecular formula is C12H16ClN3S. The van der Waals surface area contributed by atoms with E-state index in [-0.39, 0.29) is 6.04 Å². The van der Waals surface area contributed by atoms with Gasteiger partial charge < -0.3 is 10.7 Å². The number of rotatable bonds is 4. The smallest absolute Gasteiger partial charge is 0.123 e. The Morgan fingerprint density at radius 3 is 2.88 bits per heavy atom. The van der Waals surface area contributed by atoms with Gasteiger partial charge in [-0.2, -0.15) is 0 Å². The normalized spacial score (nSPS) is 14.8. The number of nitrogens with one attached hydrogen (secondary N) is 1. The number of aromatic nitrogens is 2. The third kappa shape index (κ3) is 2.70. The first-order valence-corrected chi connectivity index (χ1v) is 6.87. The minimum Gasteiger partial charge on any atom is -0.340 e. The van der Waals surface area contributed by atoms with Gasteiger partial charge in [-0.25, -0.2) is 4.98 Å². The van der Waals surface area contributed by atoms with Crippen molar-refractivity contribution in [1.29, 1.82) is 0 Å². The van der Waals surface area contributed by atoms with Gasteiger partial charge >= 0.3 is 0 Å². The van der Waals surface area contributed by atoms with Crippen molar-refractivity contribution in [2.75, 3.05) is 0 Å². The van der Waals surface area contributed by atoms with E-state index in [1.807, 2.05) is 18.3 Å². The molecule has 0 aliphatic carbocycles. The molecule has 2 aromatic heterocycles. The van der Waals surface area contributed by atoms with Gasteiger partial charge in [0.2, 0.25) is 0 Å². The number of imidazole rings is 1. The molecule has 0 saturated carbocycles. The van der Waals surface area contributed by atoms with Gasteiger partial charge in [-0.3, -0.25) is 0 Å². The third-order valence-electron chi connectivity index (χ3n) is 3.01. The summed E-state index contributed by atoms with van der Waals surface area (Å²) in [5, 5.41) is 0. The molecule has 0 aromatic carbocycles. The van der Waals surface area contributed by atoms with Crippen molar-refractivity contribution in [1.82, 2.24) is 9.97 Å². The summed E-state index contributed by atoms with van der Waals surface area (Å²) in [4.78, 5) is 8.72. The largest absolute Gasteiger partial charge is 0.340 e. The molecule has 0 fully saturated rings. The maximum atomic E-state index is 6.13. The molecular weight excluding hydrogens is 254 g/mol. The number of hydrogen-bond acceptors (Lipinski definition) is 3. The predicted octanol–water partition coefficient (Wildman–Crippen LogP) is 3.84. The lowest BCUT2D eigenvalue weighted by Crippen LogP contribution is -2.19. The second kappa shape index (κ2) is 5.21. The highest BCUT2D eigenvalue weighted by molar-refractivity contribution is 7.19. The van der Waals surface area contributed by atoms with Gasteiger partial charge in [-0.15, -0.1) is 11.3 Å². The number of hydrogen-bond donors (Lipinski definition) is 2. The van der Waals surface area contributed by atoms with Crippen LogP contribution in [0.15, 0.2) is 18.3 Å². The van der Waals surface area contributed by atoms with Gasteiger partial charge in [-0.1, -0.05) is 31.9 Å². The summed E-state index contributed by atoms with van der Waals surface area (Å²) in [7, 11) is 0. The summed E-state index contributed by atoms with van der Waals surface area (Å²) in [5.41, 5.74) is 7.11. The van der Waals surface area contributed by atoms with E-state index in [4.69, 9.17) is 17.3 Å². The molecule has 0 aliphatic heterocycles. The maximum Gasteiger partial charge on any atom is 0.123 e. The first-order chi connectivity index (χ1) is 8.11. The Hall–Kier alpha value is -0.840. The van der Waals surface area contributed by atoms with Crippen LogP contribution in [0.4, 0.5) is 0 Å². The molecule has 0 aliphatic rings. The highest BCUT2D eigenvalue weighted by Gasteiger charge is 2.17. The van der Waals surface area contributed by atoms with Crippen molar-refractivity contribution >= 4 is 22.9 Å². The minimum atomic E-state index is -0.0378. The van der Waals surface area contributed by atoms with Crippen molar-refractivity contribution in [2.45, 2.75) is 26.3 Å². The zero-order valence-corrected chi connectivity index (χ0v) is 11.5. The number of thiophene rings is 1. The van der Waals surface area contributed by atoms with Crippen molar-refractivity contribution in [2.24, 2.45) is 11.7 Å². The van der Waals surface area contributed by atoms with Gasteiger partial charge in [0.25, 0.3) is 0 Å². The average molecular weight is 270 g/mol. The molecule has 2 heterocycles. The average Bonchev–Trinajstić information content (AvgIpc) is 2.95. The number of nitrogens with zero attached hydrogens (tertiary/aromatic N) is 1. The molecule has 2 atom stereocenters. The number of aromatic amines is 1. The Morgan fingerprint density at radius 1 is 1.53 bits per heavy atom. The zero-order chi connectivity index (χ0) is 12.4. The van der Waals surface area contributed by atoms with Crippen LogP contribution < -0.4 is 5.73 Å². The molecule has 92 valence electrons. The molecule has 0 amide bonds. The van der Waals surface area contributed by atoms with Gasteiger partial charge in [0, 0.05) is 0 Å². The standard InChI is InChI=1S/C12H16ClN3S/c1-3-7(2)11(14)12-15-6-8(16-12)9-4-5-10(13)17-9/h4-7,11H,3,14H2,1-2H3,(H,15,16). The quantitative estimate of drug-likeness (QED) is 0.886. The number of H-pyrrole nitrogens is 1. The Kier molecular flexibility index (Phi) is 3.86. The van der Waals surface area contributed by atoms with Crippen LogP contribution in [0, 0.1) is 5.92 Å². The molecule has 17 heavy (non-hydrogen) atoms. The second-order valence-electron chi connectivity index (χ2n) is 4.20. The lowest BCUT2D eigenvalue weighted by atomic mass is 10.00. The fraction of sp³-hybridized carbons (Fsp3) is 0.417. The Balaban J connectivity index is 2.21. The van der Waals surface area contributed by atoms with Crippen molar-refractivity contribution in [3.63, 3.8) is 0 Å². The van der Waals surface area contributed by atoms with Crippen LogP contribution in [-0.2, 0) is 0 Å². The molecule has 2 unspecified atom stereocenters. The van der Waals surface area contributed by atoms with Gasteiger partial charge in [0.15, 0.2) is 0 Å². The summed E-state index contributed by atoms with van der Waals surface area (Å²) < 4.78 is 0.780. The number of nitrogens with two attached hydrogens (primary N) is 1. The fourth-order valence-electron chi connectivity index (χ4n) is 1.61. The lowest BCUT2D eigenvalue weighted by Gasteiger charge is -2.15. The molecule has 2 rings (SSSR count). The SMILES string of the molecule is CCC(C)C(N)c1ncc(-c2ccc(Cl)s2)[nH]1. The van der Waals surface area contributed by atoms with Gasteiger partial charge in [0.1, 0.15) is 5.82 Å². The van der Waals surface area contributed by atoms with Crippen LogP contribution >= 0.6 is 22.9 Å². The Labute approximate surface area is 110 Å². The van der Waals surface area contributed by atoms with Crippen LogP contribution in [0.1, 0.15) is 32.1 Å². The van der Waals surface area contributed by atoms with E-state index in [1.54, 1.807) is 0 Å². The summed E-state index contributed by atoms with van der Waals surface area (Å²) in [5.74, 6) is 1.26. The third-order valence-corrected chi connectivity index (χ3v) is 4.27. The first kappa shape index (κ1) is 12.6. The fourth-order valence-corrected chi connectivity index (χ4v) is 2.62. The van der Waals surface area contributed by atoms with Crippen LogP contribution in [0.5, 0.6) is 0 Å². The maximum absolute atomic E-state index is 6.13. The van der Waals surface area contributed by atoms with Crippen molar-refractivity contribution in [3.8, 4) is 10.6 Å². The molecule has 3 nitrogen and oxygen atoms in total. The predicted molar refractivity (Wildman–Crippen MR) is 73.3 cm³/mol. The summed E-state index contributed by atoms with van der Waals surface area (Å²) in [6, 6.07) is 3.83. The van der Waals surface area contributed by atoms with Crippen LogP contribution in [-0.4, -0.2) is 9.97 Å². The van der Waals surface area contributed by atoms with Crippen molar-refractivity contribution in [3.05, 3.63) is 28.5 Å². The van der Waals surface area contributed by atoms with E-state index in [2.05, 4.69) is 23.8 Å². The molecule has 0 saturated heterocycles. The van der Waals surface area contributed by atoms with E-state index < -0.39 is 0 Å². The monoisotopic (exact) mass is 269 g/mol. The van der Waals surface area contributed by atoms with Gasteiger partial charge in [-0.05, 0) is 18.1 Å². The summed E-state index contributed by atoms with van der Waals surface area (Å²) >= 11 is 7.45. The molecule has 5 heteroatoms. The highest BCUT2D eigenvalue weighted by Crippen LogP contribution is 2.30. The molecule has 2 aromatic rings.